The predicted molar refractivity (Wildman–Crippen MR) is 92.7 cm³/mol. The molecule has 0 saturated carbocycles. The molecule has 0 atom stereocenters. The lowest BCUT2D eigenvalue weighted by Crippen LogP contribution is -2.15. The standard InChI is InChI=1S/C15H13BrCl2N2O/c1-2-19-13-6-4-10(17)8-11(13)15(21)20-14-5-3-9(16)7-12(14)18/h3-8,19H,2H2,1H3,(H,20,21). The zero-order chi connectivity index (χ0) is 15.4. The smallest absolute Gasteiger partial charge is 0.257 e. The normalized spacial score (nSPS) is 10.3. The van der Waals surface area contributed by atoms with E-state index in [1.54, 1.807) is 30.3 Å². The van der Waals surface area contributed by atoms with Crippen molar-refractivity contribution in [2.45, 2.75) is 6.92 Å². The van der Waals surface area contributed by atoms with Crippen LogP contribution in [0.2, 0.25) is 10.0 Å². The number of rotatable bonds is 4. The summed E-state index contributed by atoms with van der Waals surface area (Å²) >= 11 is 15.4. The molecular weight excluding hydrogens is 375 g/mol. The van der Waals surface area contributed by atoms with Crippen LogP contribution in [0, 0.1) is 0 Å². The molecule has 0 fully saturated rings. The summed E-state index contributed by atoms with van der Waals surface area (Å²) < 4.78 is 0.849. The second-order valence-electron chi connectivity index (χ2n) is 4.30. The highest BCUT2D eigenvalue weighted by Gasteiger charge is 2.13. The first-order valence-electron chi connectivity index (χ1n) is 6.31. The number of carbonyl (C=O) groups excluding carboxylic acids is 1. The predicted octanol–water partition coefficient (Wildman–Crippen LogP) is 5.44. The molecule has 2 aromatic carbocycles. The lowest BCUT2D eigenvalue weighted by Gasteiger charge is -2.12. The van der Waals surface area contributed by atoms with Crippen LogP contribution in [0.5, 0.6) is 0 Å². The number of hydrogen-bond donors (Lipinski definition) is 2. The topological polar surface area (TPSA) is 41.1 Å². The molecule has 2 rings (SSSR count). The zero-order valence-corrected chi connectivity index (χ0v) is 14.3. The molecule has 0 spiro atoms. The van der Waals surface area contributed by atoms with Gasteiger partial charge in [0.1, 0.15) is 0 Å². The summed E-state index contributed by atoms with van der Waals surface area (Å²) in [6, 6.07) is 10.4. The third-order valence-electron chi connectivity index (χ3n) is 2.77. The summed E-state index contributed by atoms with van der Waals surface area (Å²) in [5, 5.41) is 6.89. The van der Waals surface area contributed by atoms with E-state index in [-0.39, 0.29) is 5.91 Å². The Balaban J connectivity index is 2.29. The van der Waals surface area contributed by atoms with Gasteiger partial charge in [-0.25, -0.2) is 0 Å². The SMILES string of the molecule is CCNc1ccc(Cl)cc1C(=O)Nc1ccc(Br)cc1Cl. The van der Waals surface area contributed by atoms with Crippen molar-refractivity contribution in [2.75, 3.05) is 17.2 Å². The fraction of sp³-hybridized carbons (Fsp3) is 0.133. The molecular formula is C15H13BrCl2N2O. The minimum atomic E-state index is -0.266. The highest BCUT2D eigenvalue weighted by Crippen LogP contribution is 2.27. The Kier molecular flexibility index (Phi) is 5.51. The van der Waals surface area contributed by atoms with Crippen LogP contribution in [0.4, 0.5) is 11.4 Å². The lowest BCUT2D eigenvalue weighted by molar-refractivity contribution is 0.102. The second-order valence-corrected chi connectivity index (χ2v) is 6.06. The van der Waals surface area contributed by atoms with Gasteiger partial charge in [-0.05, 0) is 43.3 Å². The van der Waals surface area contributed by atoms with Crippen LogP contribution in [-0.4, -0.2) is 12.5 Å². The number of nitrogens with one attached hydrogen (secondary N) is 2. The number of amides is 1. The maximum absolute atomic E-state index is 12.4. The molecule has 6 heteroatoms. The second kappa shape index (κ2) is 7.16. The van der Waals surface area contributed by atoms with Crippen LogP contribution in [0.25, 0.3) is 0 Å². The molecule has 110 valence electrons. The molecule has 2 aromatic rings. The number of hydrogen-bond acceptors (Lipinski definition) is 2. The van der Waals surface area contributed by atoms with Crippen molar-refractivity contribution in [2.24, 2.45) is 0 Å². The molecule has 0 aliphatic carbocycles. The van der Waals surface area contributed by atoms with Crippen molar-refractivity contribution >= 4 is 56.4 Å². The van der Waals surface area contributed by atoms with Crippen molar-refractivity contribution in [3.8, 4) is 0 Å². The van der Waals surface area contributed by atoms with E-state index < -0.39 is 0 Å². The van der Waals surface area contributed by atoms with E-state index in [9.17, 15) is 4.79 Å². The highest BCUT2D eigenvalue weighted by molar-refractivity contribution is 9.10. The summed E-state index contributed by atoms with van der Waals surface area (Å²) in [4.78, 5) is 12.4. The monoisotopic (exact) mass is 386 g/mol. The average molecular weight is 388 g/mol. The molecule has 2 N–H and O–H groups in total. The molecule has 0 bridgehead atoms. The van der Waals surface area contributed by atoms with Gasteiger partial charge in [-0.1, -0.05) is 39.1 Å². The Bertz CT molecular complexity index is 677. The Morgan fingerprint density at radius 3 is 2.52 bits per heavy atom. The summed E-state index contributed by atoms with van der Waals surface area (Å²) in [5.74, 6) is -0.266. The van der Waals surface area contributed by atoms with Gasteiger partial charge < -0.3 is 10.6 Å². The first-order chi connectivity index (χ1) is 10.0. The molecule has 0 aliphatic heterocycles. The molecule has 0 heterocycles. The zero-order valence-electron chi connectivity index (χ0n) is 11.2. The summed E-state index contributed by atoms with van der Waals surface area (Å²) in [7, 11) is 0. The van der Waals surface area contributed by atoms with Gasteiger partial charge in [0.2, 0.25) is 0 Å². The quantitative estimate of drug-likeness (QED) is 0.733. The van der Waals surface area contributed by atoms with Gasteiger partial charge in [-0.3, -0.25) is 4.79 Å². The van der Waals surface area contributed by atoms with E-state index in [0.29, 0.717) is 27.8 Å². The number of carbonyl (C=O) groups is 1. The van der Waals surface area contributed by atoms with Crippen LogP contribution in [-0.2, 0) is 0 Å². The van der Waals surface area contributed by atoms with Gasteiger partial charge in [0.25, 0.3) is 5.91 Å². The summed E-state index contributed by atoms with van der Waals surface area (Å²) in [5.41, 5.74) is 1.75. The molecule has 0 saturated heterocycles. The lowest BCUT2D eigenvalue weighted by atomic mass is 10.1. The minimum absolute atomic E-state index is 0.266. The van der Waals surface area contributed by atoms with E-state index in [1.165, 1.54) is 0 Å². The van der Waals surface area contributed by atoms with Gasteiger partial charge in [-0.15, -0.1) is 0 Å². The first-order valence-corrected chi connectivity index (χ1v) is 7.86. The van der Waals surface area contributed by atoms with Crippen LogP contribution in [0.15, 0.2) is 40.9 Å². The molecule has 21 heavy (non-hydrogen) atoms. The van der Waals surface area contributed by atoms with Crippen LogP contribution >= 0.6 is 39.1 Å². The largest absolute Gasteiger partial charge is 0.385 e. The highest BCUT2D eigenvalue weighted by atomic mass is 79.9. The van der Waals surface area contributed by atoms with Crippen LogP contribution < -0.4 is 10.6 Å². The Hall–Kier alpha value is -1.23. The maximum Gasteiger partial charge on any atom is 0.257 e. The van der Waals surface area contributed by atoms with Crippen molar-refractivity contribution in [3.63, 3.8) is 0 Å². The Morgan fingerprint density at radius 2 is 1.86 bits per heavy atom. The van der Waals surface area contributed by atoms with Gasteiger partial charge in [0, 0.05) is 21.7 Å². The third kappa shape index (κ3) is 4.13. The fourth-order valence-electron chi connectivity index (χ4n) is 1.83. The van der Waals surface area contributed by atoms with Crippen molar-refractivity contribution < 1.29 is 4.79 Å². The van der Waals surface area contributed by atoms with Crippen LogP contribution in [0.3, 0.4) is 0 Å². The fourth-order valence-corrected chi connectivity index (χ4v) is 2.72. The number of benzene rings is 2. The van der Waals surface area contributed by atoms with E-state index in [0.717, 1.165) is 10.2 Å². The summed E-state index contributed by atoms with van der Waals surface area (Å²) in [6.07, 6.45) is 0. The van der Waals surface area contributed by atoms with E-state index in [1.807, 2.05) is 13.0 Å². The Morgan fingerprint density at radius 1 is 1.14 bits per heavy atom. The first kappa shape index (κ1) is 16.1. The van der Waals surface area contributed by atoms with Crippen molar-refractivity contribution in [3.05, 3.63) is 56.5 Å². The van der Waals surface area contributed by atoms with Gasteiger partial charge in [0.15, 0.2) is 0 Å². The van der Waals surface area contributed by atoms with E-state index in [2.05, 4.69) is 26.6 Å². The third-order valence-corrected chi connectivity index (χ3v) is 3.81. The van der Waals surface area contributed by atoms with E-state index >= 15 is 0 Å². The van der Waals surface area contributed by atoms with Gasteiger partial charge in [0.05, 0.1) is 16.3 Å². The molecule has 0 unspecified atom stereocenters. The van der Waals surface area contributed by atoms with Gasteiger partial charge >= 0.3 is 0 Å². The van der Waals surface area contributed by atoms with Gasteiger partial charge in [-0.2, -0.15) is 0 Å². The summed E-state index contributed by atoms with van der Waals surface area (Å²) in [6.45, 7) is 2.67. The molecule has 0 aromatic heterocycles. The minimum Gasteiger partial charge on any atom is -0.385 e. The van der Waals surface area contributed by atoms with E-state index in [4.69, 9.17) is 23.2 Å². The maximum atomic E-state index is 12.4. The molecule has 1 amide bonds. The average Bonchev–Trinajstić information content (AvgIpc) is 2.44. The van der Waals surface area contributed by atoms with Crippen LogP contribution in [0.1, 0.15) is 17.3 Å². The number of anilines is 2. The van der Waals surface area contributed by atoms with Crippen molar-refractivity contribution in [1.29, 1.82) is 0 Å². The molecule has 0 radical (unpaired) electrons. The van der Waals surface area contributed by atoms with Crippen molar-refractivity contribution in [1.82, 2.24) is 0 Å². The number of halogens is 3. The molecule has 3 nitrogen and oxygen atoms in total. The Labute approximate surface area is 141 Å². The molecule has 0 aliphatic rings.